The van der Waals surface area contributed by atoms with Gasteiger partial charge < -0.3 is 14.8 Å². The number of amides is 2. The van der Waals surface area contributed by atoms with Gasteiger partial charge in [-0.1, -0.05) is 30.6 Å². The van der Waals surface area contributed by atoms with E-state index in [1.54, 1.807) is 20.3 Å². The SMILES string of the molecule is COc1ccc(C(C)NC(=O)Nc2nnc(C3CCCCC3)s2)c(OC)c1. The summed E-state index contributed by atoms with van der Waals surface area (Å²) >= 11 is 1.47. The van der Waals surface area contributed by atoms with Crippen LogP contribution in [0.3, 0.4) is 0 Å². The van der Waals surface area contributed by atoms with Crippen molar-refractivity contribution in [1.29, 1.82) is 0 Å². The van der Waals surface area contributed by atoms with E-state index >= 15 is 0 Å². The molecule has 0 saturated heterocycles. The summed E-state index contributed by atoms with van der Waals surface area (Å²) in [4.78, 5) is 12.4. The van der Waals surface area contributed by atoms with Crippen molar-refractivity contribution in [1.82, 2.24) is 15.5 Å². The van der Waals surface area contributed by atoms with Crippen molar-refractivity contribution in [3.05, 3.63) is 28.8 Å². The topological polar surface area (TPSA) is 85.4 Å². The number of urea groups is 1. The molecule has 1 aromatic carbocycles. The van der Waals surface area contributed by atoms with E-state index in [4.69, 9.17) is 9.47 Å². The average Bonchev–Trinajstić information content (AvgIpc) is 3.16. The minimum Gasteiger partial charge on any atom is -0.497 e. The van der Waals surface area contributed by atoms with E-state index in [9.17, 15) is 4.79 Å². The normalized spacial score (nSPS) is 15.8. The van der Waals surface area contributed by atoms with Gasteiger partial charge in [0.05, 0.1) is 20.3 Å². The van der Waals surface area contributed by atoms with Gasteiger partial charge in [0.15, 0.2) is 0 Å². The Morgan fingerprint density at radius 2 is 1.96 bits per heavy atom. The van der Waals surface area contributed by atoms with E-state index in [2.05, 4.69) is 20.8 Å². The molecular weight excluding hydrogens is 364 g/mol. The first-order valence-electron chi connectivity index (χ1n) is 9.23. The van der Waals surface area contributed by atoms with Crippen LogP contribution < -0.4 is 20.1 Å². The van der Waals surface area contributed by atoms with Crippen LogP contribution in [0.5, 0.6) is 11.5 Å². The highest BCUT2D eigenvalue weighted by molar-refractivity contribution is 7.15. The third-order valence-corrected chi connectivity index (χ3v) is 5.87. The van der Waals surface area contributed by atoms with Crippen molar-refractivity contribution in [2.75, 3.05) is 19.5 Å². The van der Waals surface area contributed by atoms with Crippen LogP contribution in [0, 0.1) is 0 Å². The monoisotopic (exact) mass is 390 g/mol. The fourth-order valence-corrected chi connectivity index (χ4v) is 4.29. The van der Waals surface area contributed by atoms with Gasteiger partial charge in [0, 0.05) is 17.5 Å². The third kappa shape index (κ3) is 4.88. The molecule has 1 unspecified atom stereocenters. The van der Waals surface area contributed by atoms with Gasteiger partial charge in [-0.25, -0.2) is 4.79 Å². The number of rotatable bonds is 6. The van der Waals surface area contributed by atoms with Crippen LogP contribution in [0.4, 0.5) is 9.93 Å². The van der Waals surface area contributed by atoms with Crippen molar-refractivity contribution in [2.45, 2.75) is 51.0 Å². The fourth-order valence-electron chi connectivity index (χ4n) is 3.38. The predicted molar refractivity (Wildman–Crippen MR) is 106 cm³/mol. The highest BCUT2D eigenvalue weighted by atomic mass is 32.1. The van der Waals surface area contributed by atoms with Crippen molar-refractivity contribution in [3.63, 3.8) is 0 Å². The fraction of sp³-hybridized carbons (Fsp3) is 0.526. The molecule has 1 saturated carbocycles. The van der Waals surface area contributed by atoms with E-state index in [1.807, 2.05) is 19.1 Å². The molecule has 1 aliphatic rings. The number of anilines is 1. The molecule has 27 heavy (non-hydrogen) atoms. The minimum atomic E-state index is -0.313. The number of aromatic nitrogens is 2. The molecule has 2 N–H and O–H groups in total. The van der Waals surface area contributed by atoms with E-state index in [0.717, 1.165) is 23.4 Å². The van der Waals surface area contributed by atoms with Gasteiger partial charge in [-0.05, 0) is 31.9 Å². The molecule has 8 heteroatoms. The molecule has 0 aliphatic heterocycles. The maximum Gasteiger partial charge on any atom is 0.321 e. The number of hydrogen-bond acceptors (Lipinski definition) is 6. The Balaban J connectivity index is 1.60. The van der Waals surface area contributed by atoms with Crippen LogP contribution in [0.15, 0.2) is 18.2 Å². The zero-order valence-electron chi connectivity index (χ0n) is 15.9. The van der Waals surface area contributed by atoms with Gasteiger partial charge in [0.2, 0.25) is 5.13 Å². The number of benzene rings is 1. The zero-order chi connectivity index (χ0) is 19.2. The molecule has 1 aromatic heterocycles. The smallest absolute Gasteiger partial charge is 0.321 e. The van der Waals surface area contributed by atoms with E-state index in [0.29, 0.717) is 22.5 Å². The Morgan fingerprint density at radius 1 is 1.19 bits per heavy atom. The number of hydrogen-bond donors (Lipinski definition) is 2. The number of nitrogens with zero attached hydrogens (tertiary/aromatic N) is 2. The summed E-state index contributed by atoms with van der Waals surface area (Å²) < 4.78 is 10.6. The lowest BCUT2D eigenvalue weighted by Gasteiger charge is -2.18. The molecule has 7 nitrogen and oxygen atoms in total. The highest BCUT2D eigenvalue weighted by Crippen LogP contribution is 2.35. The van der Waals surface area contributed by atoms with Gasteiger partial charge >= 0.3 is 6.03 Å². The van der Waals surface area contributed by atoms with Gasteiger partial charge in [0.25, 0.3) is 0 Å². The maximum atomic E-state index is 12.4. The second-order valence-electron chi connectivity index (χ2n) is 6.71. The summed E-state index contributed by atoms with van der Waals surface area (Å²) in [7, 11) is 3.20. The third-order valence-electron chi connectivity index (χ3n) is 4.87. The lowest BCUT2D eigenvalue weighted by atomic mass is 9.90. The van der Waals surface area contributed by atoms with Gasteiger partial charge in [0.1, 0.15) is 16.5 Å². The van der Waals surface area contributed by atoms with Gasteiger partial charge in [-0.2, -0.15) is 0 Å². The van der Waals surface area contributed by atoms with Crippen LogP contribution in [-0.4, -0.2) is 30.4 Å². The second-order valence-corrected chi connectivity index (χ2v) is 7.72. The standard InChI is InChI=1S/C19H26N4O3S/c1-12(15-10-9-14(25-2)11-16(15)26-3)20-18(24)21-19-23-22-17(27-19)13-7-5-4-6-8-13/h9-13H,4-8H2,1-3H3,(H2,20,21,23,24). The molecule has 146 valence electrons. The lowest BCUT2D eigenvalue weighted by molar-refractivity contribution is 0.249. The van der Waals surface area contributed by atoms with E-state index in [1.165, 1.54) is 30.6 Å². The molecule has 1 fully saturated rings. The number of carbonyl (C=O) groups excluding carboxylic acids is 1. The first-order chi connectivity index (χ1) is 13.1. The summed E-state index contributed by atoms with van der Waals surface area (Å²) in [6, 6.07) is 4.97. The Labute approximate surface area is 163 Å². The molecule has 1 heterocycles. The molecule has 1 atom stereocenters. The highest BCUT2D eigenvalue weighted by Gasteiger charge is 2.21. The van der Waals surface area contributed by atoms with E-state index in [-0.39, 0.29) is 12.1 Å². The maximum absolute atomic E-state index is 12.4. The van der Waals surface area contributed by atoms with Crippen LogP contribution >= 0.6 is 11.3 Å². The molecule has 1 aliphatic carbocycles. The Hall–Kier alpha value is -2.35. The largest absolute Gasteiger partial charge is 0.497 e. The van der Waals surface area contributed by atoms with Crippen LogP contribution in [-0.2, 0) is 0 Å². The quantitative estimate of drug-likeness (QED) is 0.759. The van der Waals surface area contributed by atoms with E-state index < -0.39 is 0 Å². The molecule has 0 bridgehead atoms. The first-order valence-corrected chi connectivity index (χ1v) is 10.0. The van der Waals surface area contributed by atoms with Crippen LogP contribution in [0.1, 0.15) is 61.6 Å². The second kappa shape index (κ2) is 9.03. The first kappa shape index (κ1) is 19.4. The minimum absolute atomic E-state index is 0.239. The average molecular weight is 391 g/mol. The lowest BCUT2D eigenvalue weighted by Crippen LogP contribution is -2.31. The van der Waals surface area contributed by atoms with Gasteiger partial charge in [-0.15, -0.1) is 10.2 Å². The van der Waals surface area contributed by atoms with Crippen molar-refractivity contribution in [2.24, 2.45) is 0 Å². The van der Waals surface area contributed by atoms with Crippen LogP contribution in [0.2, 0.25) is 0 Å². The van der Waals surface area contributed by atoms with Crippen molar-refractivity contribution >= 4 is 22.5 Å². The summed E-state index contributed by atoms with van der Waals surface area (Å²) in [5, 5.41) is 15.6. The summed E-state index contributed by atoms with van der Waals surface area (Å²) in [6.45, 7) is 1.90. The number of ether oxygens (including phenoxy) is 2. The summed E-state index contributed by atoms with van der Waals surface area (Å²) in [5.74, 6) is 1.85. The molecule has 0 spiro atoms. The predicted octanol–water partition coefficient (Wildman–Crippen LogP) is 4.49. The molecule has 2 aromatic rings. The number of methoxy groups -OCH3 is 2. The Morgan fingerprint density at radius 3 is 2.67 bits per heavy atom. The number of nitrogens with one attached hydrogen (secondary N) is 2. The number of carbonyl (C=O) groups is 1. The molecule has 0 radical (unpaired) electrons. The van der Waals surface area contributed by atoms with Crippen molar-refractivity contribution in [3.8, 4) is 11.5 Å². The summed E-state index contributed by atoms with van der Waals surface area (Å²) in [5.41, 5.74) is 0.869. The zero-order valence-corrected chi connectivity index (χ0v) is 16.8. The molecule has 3 rings (SSSR count). The van der Waals surface area contributed by atoms with Crippen LogP contribution in [0.25, 0.3) is 0 Å². The Bertz CT molecular complexity index is 774. The molecular formula is C19H26N4O3S. The summed E-state index contributed by atoms with van der Waals surface area (Å²) in [6.07, 6.45) is 6.11. The Kier molecular flexibility index (Phi) is 6.49. The van der Waals surface area contributed by atoms with Gasteiger partial charge in [-0.3, -0.25) is 5.32 Å². The molecule has 2 amide bonds. The van der Waals surface area contributed by atoms with Crippen molar-refractivity contribution < 1.29 is 14.3 Å².